The van der Waals surface area contributed by atoms with Gasteiger partial charge in [0.25, 0.3) is 5.69 Å². The standard InChI is InChI=1S/C23H21ClN4O6/c1-2-33-23(30)26-20(15-6-4-3-5-7-15)13-22(29)27-25-14-17-9-11-21(34-17)18-12-16(28(31)32)8-10-19(18)24/h3-12,14,20H,2,13H2,1H3,(H,26,30)(H,27,29)/b25-14-/t20-/m1/s1. The van der Waals surface area contributed by atoms with Crippen LogP contribution in [0, 0.1) is 10.1 Å². The number of carbonyl (C=O) groups excluding carboxylic acids is 2. The summed E-state index contributed by atoms with van der Waals surface area (Å²) in [4.78, 5) is 34.7. The van der Waals surface area contributed by atoms with Crippen molar-refractivity contribution in [3.8, 4) is 11.3 Å². The highest BCUT2D eigenvalue weighted by Crippen LogP contribution is 2.32. The van der Waals surface area contributed by atoms with Crippen LogP contribution in [-0.4, -0.2) is 29.7 Å². The van der Waals surface area contributed by atoms with Gasteiger partial charge in [-0.2, -0.15) is 5.10 Å². The SMILES string of the molecule is CCOC(=O)N[C@H](CC(=O)N/N=C\c1ccc(-c2cc([N+](=O)[O-])ccc2Cl)o1)c1ccccc1. The molecule has 0 saturated carbocycles. The first-order valence-electron chi connectivity index (χ1n) is 10.2. The van der Waals surface area contributed by atoms with Gasteiger partial charge in [-0.25, -0.2) is 10.2 Å². The average molecular weight is 485 g/mol. The summed E-state index contributed by atoms with van der Waals surface area (Å²) in [6.45, 7) is 1.89. The lowest BCUT2D eigenvalue weighted by Gasteiger charge is -2.17. The van der Waals surface area contributed by atoms with E-state index in [0.717, 1.165) is 5.56 Å². The predicted octanol–water partition coefficient (Wildman–Crippen LogP) is 4.84. The van der Waals surface area contributed by atoms with Crippen LogP contribution in [0.3, 0.4) is 0 Å². The largest absolute Gasteiger partial charge is 0.455 e. The van der Waals surface area contributed by atoms with E-state index in [1.165, 1.54) is 24.4 Å². The van der Waals surface area contributed by atoms with Gasteiger partial charge in [0.15, 0.2) is 0 Å². The summed E-state index contributed by atoms with van der Waals surface area (Å²) in [6, 6.07) is 15.6. The third kappa shape index (κ3) is 6.66. The van der Waals surface area contributed by atoms with Crippen molar-refractivity contribution in [3.63, 3.8) is 0 Å². The third-order valence-corrected chi connectivity index (χ3v) is 4.92. The van der Waals surface area contributed by atoms with Gasteiger partial charge in [-0.3, -0.25) is 14.9 Å². The molecule has 3 rings (SSSR count). The molecule has 0 bridgehead atoms. The maximum Gasteiger partial charge on any atom is 0.407 e. The molecule has 0 aliphatic heterocycles. The Labute approximate surface area is 199 Å². The van der Waals surface area contributed by atoms with Crippen molar-refractivity contribution >= 4 is 35.5 Å². The van der Waals surface area contributed by atoms with Gasteiger partial charge in [0.1, 0.15) is 11.5 Å². The Morgan fingerprint density at radius 3 is 2.68 bits per heavy atom. The molecule has 0 unspecified atom stereocenters. The molecular formula is C23H21ClN4O6. The lowest BCUT2D eigenvalue weighted by molar-refractivity contribution is -0.384. The number of halogens is 1. The van der Waals surface area contributed by atoms with E-state index in [-0.39, 0.29) is 23.7 Å². The van der Waals surface area contributed by atoms with Crippen LogP contribution in [-0.2, 0) is 9.53 Å². The minimum absolute atomic E-state index is 0.0765. The van der Waals surface area contributed by atoms with E-state index in [1.54, 1.807) is 43.3 Å². The Bertz CT molecular complexity index is 1200. The molecule has 176 valence electrons. The normalized spacial score (nSPS) is 11.7. The maximum absolute atomic E-state index is 12.4. The van der Waals surface area contributed by atoms with E-state index in [0.29, 0.717) is 17.1 Å². The number of nitrogens with zero attached hydrogens (tertiary/aromatic N) is 2. The number of amides is 2. The minimum Gasteiger partial charge on any atom is -0.455 e. The smallest absolute Gasteiger partial charge is 0.407 e. The molecule has 10 nitrogen and oxygen atoms in total. The number of hydrogen-bond acceptors (Lipinski definition) is 7. The molecule has 1 aromatic heterocycles. The van der Waals surface area contributed by atoms with Crippen molar-refractivity contribution in [3.05, 3.63) is 87.1 Å². The third-order valence-electron chi connectivity index (χ3n) is 4.59. The monoisotopic (exact) mass is 484 g/mol. The second-order valence-electron chi connectivity index (χ2n) is 6.95. The maximum atomic E-state index is 12.4. The molecule has 2 N–H and O–H groups in total. The molecular weight excluding hydrogens is 464 g/mol. The lowest BCUT2D eigenvalue weighted by atomic mass is 10.0. The van der Waals surface area contributed by atoms with Crippen LogP contribution in [0.25, 0.3) is 11.3 Å². The first-order chi connectivity index (χ1) is 16.4. The molecule has 3 aromatic rings. The molecule has 0 radical (unpaired) electrons. The van der Waals surface area contributed by atoms with Gasteiger partial charge < -0.3 is 14.5 Å². The van der Waals surface area contributed by atoms with E-state index in [1.807, 2.05) is 6.07 Å². The number of alkyl carbamates (subject to hydrolysis) is 1. The number of nitro benzene ring substituents is 1. The number of carbonyl (C=O) groups is 2. The Morgan fingerprint density at radius 2 is 1.97 bits per heavy atom. The van der Waals surface area contributed by atoms with Crippen LogP contribution in [0.1, 0.15) is 30.7 Å². The highest BCUT2D eigenvalue weighted by Gasteiger charge is 2.19. The van der Waals surface area contributed by atoms with Crippen molar-refractivity contribution in [2.45, 2.75) is 19.4 Å². The molecule has 0 fully saturated rings. The minimum atomic E-state index is -0.629. The summed E-state index contributed by atoms with van der Waals surface area (Å²) in [5.74, 6) is 0.154. The number of benzene rings is 2. The number of nitrogens with one attached hydrogen (secondary N) is 2. The van der Waals surface area contributed by atoms with Crippen LogP contribution >= 0.6 is 11.6 Å². The van der Waals surface area contributed by atoms with Crippen LogP contribution < -0.4 is 10.7 Å². The highest BCUT2D eigenvalue weighted by molar-refractivity contribution is 6.33. The molecule has 2 amide bonds. The van der Waals surface area contributed by atoms with E-state index < -0.39 is 23.0 Å². The fourth-order valence-corrected chi connectivity index (χ4v) is 3.24. The highest BCUT2D eigenvalue weighted by atomic mass is 35.5. The summed E-state index contributed by atoms with van der Waals surface area (Å²) >= 11 is 6.13. The van der Waals surface area contributed by atoms with Crippen molar-refractivity contribution in [2.24, 2.45) is 5.10 Å². The summed E-state index contributed by atoms with van der Waals surface area (Å²) in [5, 5.41) is 17.8. The second-order valence-corrected chi connectivity index (χ2v) is 7.36. The van der Waals surface area contributed by atoms with Gasteiger partial charge in [0.2, 0.25) is 5.91 Å². The number of rotatable bonds is 9. The van der Waals surface area contributed by atoms with Crippen LogP contribution in [0.4, 0.5) is 10.5 Å². The first kappa shape index (κ1) is 24.5. The summed E-state index contributed by atoms with van der Waals surface area (Å²) in [7, 11) is 0. The van der Waals surface area contributed by atoms with E-state index >= 15 is 0 Å². The Hall–Kier alpha value is -4.18. The van der Waals surface area contributed by atoms with E-state index in [2.05, 4.69) is 15.8 Å². The fraction of sp³-hybridized carbons (Fsp3) is 0.174. The van der Waals surface area contributed by atoms with Gasteiger partial charge in [0, 0.05) is 17.7 Å². The molecule has 2 aromatic carbocycles. The summed E-state index contributed by atoms with van der Waals surface area (Å²) in [6.07, 6.45) is 0.575. The quantitative estimate of drug-likeness (QED) is 0.253. The van der Waals surface area contributed by atoms with Crippen LogP contribution in [0.5, 0.6) is 0 Å². The van der Waals surface area contributed by atoms with Gasteiger partial charge >= 0.3 is 6.09 Å². The fourth-order valence-electron chi connectivity index (χ4n) is 3.03. The Kier molecular flexibility index (Phi) is 8.36. The second kappa shape index (κ2) is 11.6. The Morgan fingerprint density at radius 1 is 1.21 bits per heavy atom. The average Bonchev–Trinajstić information content (AvgIpc) is 3.28. The number of non-ortho nitro benzene ring substituents is 1. The van der Waals surface area contributed by atoms with E-state index in [9.17, 15) is 19.7 Å². The van der Waals surface area contributed by atoms with Crippen molar-refractivity contribution in [1.82, 2.24) is 10.7 Å². The first-order valence-corrected chi connectivity index (χ1v) is 10.6. The van der Waals surface area contributed by atoms with Gasteiger partial charge in [-0.15, -0.1) is 0 Å². The molecule has 0 saturated heterocycles. The van der Waals surface area contributed by atoms with Gasteiger partial charge in [0.05, 0.1) is 35.2 Å². The molecule has 1 atom stereocenters. The van der Waals surface area contributed by atoms with Crippen LogP contribution in [0.2, 0.25) is 5.02 Å². The molecule has 34 heavy (non-hydrogen) atoms. The predicted molar refractivity (Wildman–Crippen MR) is 126 cm³/mol. The molecule has 0 aliphatic rings. The number of nitro groups is 1. The molecule has 0 aliphatic carbocycles. The van der Waals surface area contributed by atoms with Crippen molar-refractivity contribution < 1.29 is 23.7 Å². The zero-order valence-electron chi connectivity index (χ0n) is 18.1. The number of hydrazone groups is 1. The molecule has 1 heterocycles. The topological polar surface area (TPSA) is 136 Å². The lowest BCUT2D eigenvalue weighted by Crippen LogP contribution is -2.33. The van der Waals surface area contributed by atoms with Gasteiger partial charge in [-0.05, 0) is 30.7 Å². The number of ether oxygens (including phenoxy) is 1. The van der Waals surface area contributed by atoms with Crippen molar-refractivity contribution in [1.29, 1.82) is 0 Å². The van der Waals surface area contributed by atoms with Gasteiger partial charge in [-0.1, -0.05) is 41.9 Å². The molecule has 11 heteroatoms. The van der Waals surface area contributed by atoms with Crippen molar-refractivity contribution in [2.75, 3.05) is 6.61 Å². The van der Waals surface area contributed by atoms with E-state index in [4.69, 9.17) is 20.8 Å². The number of hydrogen-bond donors (Lipinski definition) is 2. The zero-order valence-corrected chi connectivity index (χ0v) is 18.8. The Balaban J connectivity index is 1.64. The summed E-state index contributed by atoms with van der Waals surface area (Å²) < 4.78 is 10.5. The number of furan rings is 1. The zero-order chi connectivity index (χ0) is 24.5. The molecule has 0 spiro atoms. The van der Waals surface area contributed by atoms with Crippen LogP contribution in [0.15, 0.2) is 70.2 Å². The summed E-state index contributed by atoms with van der Waals surface area (Å²) in [5.41, 5.74) is 3.35.